The zero-order valence-corrected chi connectivity index (χ0v) is 10.6. The first-order chi connectivity index (χ1) is 8.74. The molecule has 0 aliphatic rings. The molecule has 2 aromatic rings. The number of tetrazole rings is 1. The van der Waals surface area contributed by atoms with Crippen LogP contribution in [-0.2, 0) is 0 Å². The molecule has 0 saturated heterocycles. The maximum Gasteiger partial charge on any atom is 0.173 e. The lowest BCUT2D eigenvalue weighted by Gasteiger charge is -2.12. The van der Waals surface area contributed by atoms with Crippen LogP contribution in [0.3, 0.4) is 0 Å². The van der Waals surface area contributed by atoms with Crippen molar-refractivity contribution in [1.82, 2.24) is 20.2 Å². The molecule has 6 nitrogen and oxygen atoms in total. The summed E-state index contributed by atoms with van der Waals surface area (Å²) in [7, 11) is 0. The van der Waals surface area contributed by atoms with Gasteiger partial charge in [0.25, 0.3) is 0 Å². The third kappa shape index (κ3) is 2.48. The van der Waals surface area contributed by atoms with Crippen molar-refractivity contribution in [2.45, 2.75) is 26.3 Å². The van der Waals surface area contributed by atoms with Crippen LogP contribution < -0.4 is 10.5 Å². The predicted octanol–water partition coefficient (Wildman–Crippen LogP) is 1.47. The summed E-state index contributed by atoms with van der Waals surface area (Å²) >= 11 is 0. The van der Waals surface area contributed by atoms with Gasteiger partial charge in [0.15, 0.2) is 5.82 Å². The fraction of sp³-hybridized carbons (Fsp3) is 0.417. The highest BCUT2D eigenvalue weighted by Gasteiger charge is 2.15. The summed E-state index contributed by atoms with van der Waals surface area (Å²) in [6.45, 7) is 4.57. The van der Waals surface area contributed by atoms with E-state index < -0.39 is 0 Å². The summed E-state index contributed by atoms with van der Waals surface area (Å²) in [6.07, 6.45) is 0.949. The summed E-state index contributed by atoms with van der Waals surface area (Å²) in [5.41, 5.74) is 6.65. The van der Waals surface area contributed by atoms with Crippen molar-refractivity contribution in [1.29, 1.82) is 0 Å². The third-order valence-electron chi connectivity index (χ3n) is 2.46. The molecule has 0 fully saturated rings. The smallest absolute Gasteiger partial charge is 0.173 e. The van der Waals surface area contributed by atoms with E-state index in [9.17, 15) is 0 Å². The van der Waals surface area contributed by atoms with Gasteiger partial charge in [0.05, 0.1) is 12.6 Å². The van der Waals surface area contributed by atoms with Crippen molar-refractivity contribution in [2.75, 3.05) is 6.61 Å². The number of nitrogens with two attached hydrogens (primary N) is 1. The summed E-state index contributed by atoms with van der Waals surface area (Å²) in [6, 6.07) is 7.41. The van der Waals surface area contributed by atoms with Gasteiger partial charge in [-0.05, 0) is 35.9 Å². The van der Waals surface area contributed by atoms with E-state index in [-0.39, 0.29) is 6.04 Å². The zero-order valence-electron chi connectivity index (χ0n) is 10.6. The SMILES string of the molecule is CCCOc1ccccc1-n1nnnc1C(C)N. The quantitative estimate of drug-likeness (QED) is 0.865. The van der Waals surface area contributed by atoms with Crippen molar-refractivity contribution in [3.8, 4) is 11.4 Å². The summed E-state index contributed by atoms with van der Waals surface area (Å²) in [5.74, 6) is 1.37. The van der Waals surface area contributed by atoms with E-state index in [4.69, 9.17) is 10.5 Å². The maximum absolute atomic E-state index is 5.84. The first-order valence-corrected chi connectivity index (χ1v) is 6.00. The molecule has 0 aliphatic carbocycles. The van der Waals surface area contributed by atoms with Crippen molar-refractivity contribution in [3.05, 3.63) is 30.1 Å². The lowest BCUT2D eigenvalue weighted by Crippen LogP contribution is -2.14. The number of hydrogen-bond donors (Lipinski definition) is 1. The van der Waals surface area contributed by atoms with Gasteiger partial charge in [0.2, 0.25) is 0 Å². The molecule has 0 bridgehead atoms. The minimum Gasteiger partial charge on any atom is -0.491 e. The number of hydrogen-bond acceptors (Lipinski definition) is 5. The number of ether oxygens (including phenoxy) is 1. The summed E-state index contributed by atoms with van der Waals surface area (Å²) in [5, 5.41) is 11.6. The van der Waals surface area contributed by atoms with E-state index >= 15 is 0 Å². The van der Waals surface area contributed by atoms with E-state index in [0.29, 0.717) is 12.4 Å². The monoisotopic (exact) mass is 247 g/mol. The van der Waals surface area contributed by atoms with E-state index in [1.165, 1.54) is 0 Å². The largest absolute Gasteiger partial charge is 0.491 e. The molecular weight excluding hydrogens is 230 g/mol. The van der Waals surface area contributed by atoms with Crippen LogP contribution in [0.15, 0.2) is 24.3 Å². The normalized spacial score (nSPS) is 12.4. The molecule has 1 aromatic carbocycles. The molecule has 1 heterocycles. The molecule has 2 N–H and O–H groups in total. The Bertz CT molecular complexity index is 509. The standard InChI is InChI=1S/C12H17N5O/c1-3-8-18-11-7-5-4-6-10(11)17-12(9(2)13)14-15-16-17/h4-7,9H,3,8,13H2,1-2H3. The first-order valence-electron chi connectivity index (χ1n) is 6.00. The maximum atomic E-state index is 5.84. The van der Waals surface area contributed by atoms with Crippen LogP contribution in [0, 0.1) is 0 Å². The van der Waals surface area contributed by atoms with E-state index in [0.717, 1.165) is 17.9 Å². The highest BCUT2D eigenvalue weighted by molar-refractivity contribution is 5.46. The molecule has 0 aliphatic heterocycles. The summed E-state index contributed by atoms with van der Waals surface area (Å²) < 4.78 is 7.31. The molecule has 18 heavy (non-hydrogen) atoms. The van der Waals surface area contributed by atoms with Crippen LogP contribution in [0.5, 0.6) is 5.75 Å². The van der Waals surface area contributed by atoms with Gasteiger partial charge in [-0.1, -0.05) is 19.1 Å². The van der Waals surface area contributed by atoms with Gasteiger partial charge in [-0.3, -0.25) is 0 Å². The van der Waals surface area contributed by atoms with Crippen LogP contribution >= 0.6 is 0 Å². The van der Waals surface area contributed by atoms with Crippen LogP contribution in [0.2, 0.25) is 0 Å². The molecule has 1 atom stereocenters. The van der Waals surface area contributed by atoms with Gasteiger partial charge in [0, 0.05) is 0 Å². The van der Waals surface area contributed by atoms with Crippen LogP contribution in [0.4, 0.5) is 0 Å². The van der Waals surface area contributed by atoms with Crippen LogP contribution in [0.1, 0.15) is 32.1 Å². The fourth-order valence-electron chi connectivity index (χ4n) is 1.62. The lowest BCUT2D eigenvalue weighted by atomic mass is 10.2. The molecular formula is C12H17N5O. The Balaban J connectivity index is 2.40. The molecule has 2 rings (SSSR count). The van der Waals surface area contributed by atoms with Crippen molar-refractivity contribution in [2.24, 2.45) is 5.73 Å². The number of nitrogens with zero attached hydrogens (tertiary/aromatic N) is 4. The van der Waals surface area contributed by atoms with Gasteiger partial charge >= 0.3 is 0 Å². The number of para-hydroxylation sites is 2. The first kappa shape index (κ1) is 12.5. The lowest BCUT2D eigenvalue weighted by molar-refractivity contribution is 0.315. The second kappa shape index (κ2) is 5.59. The third-order valence-corrected chi connectivity index (χ3v) is 2.46. The van der Waals surface area contributed by atoms with Crippen molar-refractivity contribution >= 4 is 0 Å². The van der Waals surface area contributed by atoms with E-state index in [1.807, 2.05) is 31.2 Å². The van der Waals surface area contributed by atoms with E-state index in [1.54, 1.807) is 4.68 Å². The second-order valence-corrected chi connectivity index (χ2v) is 4.05. The Morgan fingerprint density at radius 2 is 2.17 bits per heavy atom. The minimum atomic E-state index is -0.237. The Morgan fingerprint density at radius 3 is 2.89 bits per heavy atom. The highest BCUT2D eigenvalue weighted by atomic mass is 16.5. The Morgan fingerprint density at radius 1 is 1.39 bits per heavy atom. The van der Waals surface area contributed by atoms with Crippen LogP contribution in [0.25, 0.3) is 5.69 Å². The summed E-state index contributed by atoms with van der Waals surface area (Å²) in [4.78, 5) is 0. The molecule has 96 valence electrons. The van der Waals surface area contributed by atoms with Crippen LogP contribution in [-0.4, -0.2) is 26.8 Å². The Hall–Kier alpha value is -1.95. The van der Waals surface area contributed by atoms with Gasteiger partial charge in [-0.15, -0.1) is 5.10 Å². The molecule has 1 aromatic heterocycles. The van der Waals surface area contributed by atoms with Crippen molar-refractivity contribution < 1.29 is 4.74 Å². The van der Waals surface area contributed by atoms with Gasteiger partial charge in [-0.25, -0.2) is 0 Å². The van der Waals surface area contributed by atoms with Gasteiger partial charge < -0.3 is 10.5 Å². The fourth-order valence-corrected chi connectivity index (χ4v) is 1.62. The van der Waals surface area contributed by atoms with Gasteiger partial charge in [-0.2, -0.15) is 4.68 Å². The minimum absolute atomic E-state index is 0.237. The zero-order chi connectivity index (χ0) is 13.0. The van der Waals surface area contributed by atoms with E-state index in [2.05, 4.69) is 22.4 Å². The molecule has 6 heteroatoms. The molecule has 1 unspecified atom stereocenters. The molecule has 0 amide bonds. The highest BCUT2D eigenvalue weighted by Crippen LogP contribution is 2.23. The Kier molecular flexibility index (Phi) is 3.88. The van der Waals surface area contributed by atoms with Crippen molar-refractivity contribution in [3.63, 3.8) is 0 Å². The average Bonchev–Trinajstić information content (AvgIpc) is 2.86. The molecule has 0 saturated carbocycles. The number of benzene rings is 1. The average molecular weight is 247 g/mol. The van der Waals surface area contributed by atoms with Gasteiger partial charge in [0.1, 0.15) is 11.4 Å². The topological polar surface area (TPSA) is 78.8 Å². The Labute approximate surface area is 106 Å². The predicted molar refractivity (Wildman–Crippen MR) is 67.5 cm³/mol. The number of aromatic nitrogens is 4. The molecule has 0 spiro atoms. The number of rotatable bonds is 5. The molecule has 0 radical (unpaired) electrons. The second-order valence-electron chi connectivity index (χ2n) is 4.05.